The van der Waals surface area contributed by atoms with E-state index >= 15 is 0 Å². The Bertz CT molecular complexity index is 571. The van der Waals surface area contributed by atoms with Gasteiger partial charge >= 0.3 is 0 Å². The van der Waals surface area contributed by atoms with Gasteiger partial charge in [0.05, 0.1) is 5.69 Å². The molecule has 1 aromatic heterocycles. The van der Waals surface area contributed by atoms with Crippen LogP contribution in [0.3, 0.4) is 0 Å². The predicted octanol–water partition coefficient (Wildman–Crippen LogP) is 2.76. The van der Waals surface area contributed by atoms with Gasteiger partial charge < -0.3 is 5.32 Å². The van der Waals surface area contributed by atoms with Gasteiger partial charge in [0.15, 0.2) is 0 Å². The Morgan fingerprint density at radius 3 is 3.11 bits per heavy atom. The summed E-state index contributed by atoms with van der Waals surface area (Å²) in [4.78, 5) is 9.95. The lowest BCUT2D eigenvalue weighted by atomic mass is 10.0. The van der Waals surface area contributed by atoms with Gasteiger partial charge in [0, 0.05) is 35.9 Å². The molecule has 0 saturated carbocycles. The van der Waals surface area contributed by atoms with Gasteiger partial charge in [-0.3, -0.25) is 0 Å². The molecule has 19 heavy (non-hydrogen) atoms. The van der Waals surface area contributed by atoms with Crippen LogP contribution in [-0.4, -0.2) is 22.3 Å². The van der Waals surface area contributed by atoms with E-state index in [-0.39, 0.29) is 0 Å². The minimum atomic E-state index is 0.615. The van der Waals surface area contributed by atoms with Gasteiger partial charge in [0.1, 0.15) is 5.82 Å². The Morgan fingerprint density at radius 1 is 1.32 bits per heavy atom. The van der Waals surface area contributed by atoms with Crippen molar-refractivity contribution in [1.29, 1.82) is 0 Å². The van der Waals surface area contributed by atoms with Crippen molar-refractivity contribution in [3.05, 3.63) is 53.6 Å². The summed E-state index contributed by atoms with van der Waals surface area (Å²) in [7, 11) is 0. The standard InChI is InChI=1S/C15H17N3S/c1-11-17-7-6-13(18-11)9-16-8-12-10-19-15-5-3-2-4-14(12)15/h2-7,12,16H,8-10H2,1H3. The van der Waals surface area contributed by atoms with Gasteiger partial charge in [-0.2, -0.15) is 0 Å². The van der Waals surface area contributed by atoms with Crippen LogP contribution in [0.25, 0.3) is 0 Å². The zero-order chi connectivity index (χ0) is 13.1. The summed E-state index contributed by atoms with van der Waals surface area (Å²) in [5.74, 6) is 2.63. The number of aryl methyl sites for hydroxylation is 1. The van der Waals surface area contributed by atoms with Gasteiger partial charge in [0.2, 0.25) is 0 Å². The second-order valence-electron chi connectivity index (χ2n) is 4.77. The molecule has 1 aliphatic rings. The van der Waals surface area contributed by atoms with E-state index in [0.29, 0.717) is 5.92 Å². The highest BCUT2D eigenvalue weighted by Gasteiger charge is 2.21. The number of fused-ring (bicyclic) bond motifs is 1. The van der Waals surface area contributed by atoms with E-state index in [1.807, 2.05) is 30.9 Å². The Hall–Kier alpha value is -1.39. The van der Waals surface area contributed by atoms with E-state index < -0.39 is 0 Å². The van der Waals surface area contributed by atoms with Crippen LogP contribution < -0.4 is 5.32 Å². The monoisotopic (exact) mass is 271 g/mol. The predicted molar refractivity (Wildman–Crippen MR) is 78.4 cm³/mol. The van der Waals surface area contributed by atoms with Crippen LogP contribution in [0.1, 0.15) is 23.0 Å². The molecular weight excluding hydrogens is 254 g/mol. The molecule has 98 valence electrons. The van der Waals surface area contributed by atoms with Crippen molar-refractivity contribution in [2.75, 3.05) is 12.3 Å². The third-order valence-electron chi connectivity index (χ3n) is 3.33. The van der Waals surface area contributed by atoms with Crippen molar-refractivity contribution >= 4 is 11.8 Å². The first-order chi connectivity index (χ1) is 9.33. The van der Waals surface area contributed by atoms with Crippen molar-refractivity contribution in [3.63, 3.8) is 0 Å². The van der Waals surface area contributed by atoms with Gasteiger partial charge in [-0.1, -0.05) is 18.2 Å². The average molecular weight is 271 g/mol. The summed E-state index contributed by atoms with van der Waals surface area (Å²) in [6, 6.07) is 10.7. The summed E-state index contributed by atoms with van der Waals surface area (Å²) < 4.78 is 0. The van der Waals surface area contributed by atoms with Gasteiger partial charge in [0.25, 0.3) is 0 Å². The average Bonchev–Trinajstić information content (AvgIpc) is 2.83. The molecule has 3 rings (SSSR count). The van der Waals surface area contributed by atoms with Crippen LogP contribution in [0.5, 0.6) is 0 Å². The highest BCUT2D eigenvalue weighted by Crippen LogP contribution is 2.38. The van der Waals surface area contributed by atoms with Crippen molar-refractivity contribution in [2.45, 2.75) is 24.3 Å². The molecule has 1 aliphatic heterocycles. The number of aromatic nitrogens is 2. The maximum absolute atomic E-state index is 4.40. The third-order valence-corrected chi connectivity index (χ3v) is 4.58. The summed E-state index contributed by atoms with van der Waals surface area (Å²) in [5, 5.41) is 3.51. The van der Waals surface area contributed by atoms with Crippen LogP contribution in [0.4, 0.5) is 0 Å². The Morgan fingerprint density at radius 2 is 2.21 bits per heavy atom. The summed E-state index contributed by atoms with van der Waals surface area (Å²) in [6.07, 6.45) is 1.82. The van der Waals surface area contributed by atoms with Crippen LogP contribution in [0.15, 0.2) is 41.4 Å². The molecule has 0 bridgehead atoms. The zero-order valence-electron chi connectivity index (χ0n) is 11.0. The molecule has 4 heteroatoms. The Labute approximate surface area is 117 Å². The molecule has 1 N–H and O–H groups in total. The minimum absolute atomic E-state index is 0.615. The SMILES string of the molecule is Cc1nccc(CNCC2CSc3ccccc32)n1. The number of hydrogen-bond acceptors (Lipinski definition) is 4. The van der Waals surface area contributed by atoms with Gasteiger partial charge in [-0.15, -0.1) is 11.8 Å². The highest BCUT2D eigenvalue weighted by atomic mass is 32.2. The van der Waals surface area contributed by atoms with Crippen LogP contribution in [-0.2, 0) is 6.54 Å². The topological polar surface area (TPSA) is 37.8 Å². The summed E-state index contributed by atoms with van der Waals surface area (Å²) in [5.41, 5.74) is 2.55. The van der Waals surface area contributed by atoms with Crippen molar-refractivity contribution in [2.24, 2.45) is 0 Å². The molecular formula is C15H17N3S. The van der Waals surface area contributed by atoms with Crippen LogP contribution >= 0.6 is 11.8 Å². The third kappa shape index (κ3) is 2.96. The number of hydrogen-bond donors (Lipinski definition) is 1. The van der Waals surface area contributed by atoms with Gasteiger partial charge in [-0.25, -0.2) is 9.97 Å². The second kappa shape index (κ2) is 5.72. The number of nitrogens with one attached hydrogen (secondary N) is 1. The molecule has 0 saturated heterocycles. The van der Waals surface area contributed by atoms with Crippen molar-refractivity contribution in [3.8, 4) is 0 Å². The molecule has 3 nitrogen and oxygen atoms in total. The first kappa shape index (κ1) is 12.6. The van der Waals surface area contributed by atoms with E-state index in [0.717, 1.165) is 24.6 Å². The lowest BCUT2D eigenvalue weighted by Gasteiger charge is -2.11. The van der Waals surface area contributed by atoms with E-state index in [9.17, 15) is 0 Å². The lowest BCUT2D eigenvalue weighted by molar-refractivity contribution is 0.612. The van der Waals surface area contributed by atoms with Gasteiger partial charge in [-0.05, 0) is 24.6 Å². The number of rotatable bonds is 4. The fraction of sp³-hybridized carbons (Fsp3) is 0.333. The summed E-state index contributed by atoms with van der Waals surface area (Å²) >= 11 is 1.96. The van der Waals surface area contributed by atoms with Crippen LogP contribution in [0.2, 0.25) is 0 Å². The molecule has 0 amide bonds. The maximum atomic E-state index is 4.40. The largest absolute Gasteiger partial charge is 0.311 e. The fourth-order valence-corrected chi connectivity index (χ4v) is 3.63. The number of nitrogens with zero attached hydrogens (tertiary/aromatic N) is 2. The lowest BCUT2D eigenvalue weighted by Crippen LogP contribution is -2.21. The number of benzene rings is 1. The first-order valence-electron chi connectivity index (χ1n) is 6.54. The fourth-order valence-electron chi connectivity index (χ4n) is 2.38. The van der Waals surface area contributed by atoms with E-state index in [2.05, 4.69) is 39.6 Å². The Kier molecular flexibility index (Phi) is 3.80. The van der Waals surface area contributed by atoms with Crippen LogP contribution in [0, 0.1) is 6.92 Å². The molecule has 2 heterocycles. The second-order valence-corrected chi connectivity index (χ2v) is 5.83. The molecule has 1 aromatic carbocycles. The number of thioether (sulfide) groups is 1. The van der Waals surface area contributed by atoms with Crippen molar-refractivity contribution in [1.82, 2.24) is 15.3 Å². The zero-order valence-corrected chi connectivity index (χ0v) is 11.8. The van der Waals surface area contributed by atoms with E-state index in [4.69, 9.17) is 0 Å². The molecule has 0 radical (unpaired) electrons. The molecule has 1 unspecified atom stereocenters. The van der Waals surface area contributed by atoms with Crippen molar-refractivity contribution < 1.29 is 0 Å². The molecule has 0 spiro atoms. The quantitative estimate of drug-likeness (QED) is 0.928. The summed E-state index contributed by atoms with van der Waals surface area (Å²) in [6.45, 7) is 3.74. The highest BCUT2D eigenvalue weighted by molar-refractivity contribution is 7.99. The molecule has 2 aromatic rings. The first-order valence-corrected chi connectivity index (χ1v) is 7.52. The normalized spacial score (nSPS) is 17.4. The molecule has 0 fully saturated rings. The molecule has 0 aliphatic carbocycles. The maximum Gasteiger partial charge on any atom is 0.125 e. The molecule has 1 atom stereocenters. The van der Waals surface area contributed by atoms with E-state index in [1.54, 1.807) is 0 Å². The minimum Gasteiger partial charge on any atom is -0.311 e. The van der Waals surface area contributed by atoms with E-state index in [1.165, 1.54) is 16.2 Å². The smallest absolute Gasteiger partial charge is 0.125 e. The Balaban J connectivity index is 1.57.